The fourth-order valence-corrected chi connectivity index (χ4v) is 2.50. The van der Waals surface area contributed by atoms with Crippen LogP contribution in [0.1, 0.15) is 50.7 Å². The molecule has 0 aliphatic heterocycles. The van der Waals surface area contributed by atoms with Crippen LogP contribution in [0.2, 0.25) is 0 Å². The van der Waals surface area contributed by atoms with Gasteiger partial charge < -0.3 is 10.6 Å². The summed E-state index contributed by atoms with van der Waals surface area (Å²) in [4.78, 5) is 35.2. The molecule has 0 saturated heterocycles. The van der Waals surface area contributed by atoms with Crippen LogP contribution >= 0.6 is 0 Å². The van der Waals surface area contributed by atoms with Crippen LogP contribution in [-0.2, 0) is 27.2 Å². The van der Waals surface area contributed by atoms with Crippen molar-refractivity contribution in [1.82, 2.24) is 16.1 Å². The Labute approximate surface area is 154 Å². The lowest BCUT2D eigenvalue weighted by Gasteiger charge is -2.17. The molecule has 3 amide bonds. The average Bonchev–Trinajstić information content (AvgIpc) is 2.64. The van der Waals surface area contributed by atoms with Crippen LogP contribution < -0.4 is 16.1 Å². The van der Waals surface area contributed by atoms with Crippen LogP contribution in [0.5, 0.6) is 0 Å². The fourth-order valence-electron chi connectivity index (χ4n) is 2.50. The number of carbonyl (C=O) groups excluding carboxylic acids is 3. The minimum absolute atomic E-state index is 0.0733. The number of benzene rings is 1. The Morgan fingerprint density at radius 3 is 2.08 bits per heavy atom. The number of hydrogen-bond donors (Lipinski definition) is 4. The molecule has 144 valence electrons. The van der Waals surface area contributed by atoms with Crippen LogP contribution in [0.25, 0.3) is 0 Å². The zero-order chi connectivity index (χ0) is 19.4. The first-order chi connectivity index (χ1) is 12.5. The molecule has 0 saturated carbocycles. The zero-order valence-corrected chi connectivity index (χ0v) is 15.5. The van der Waals surface area contributed by atoms with Gasteiger partial charge in [-0.15, -0.1) is 0 Å². The van der Waals surface area contributed by atoms with Gasteiger partial charge in [0.15, 0.2) is 0 Å². The predicted octanol–water partition coefficient (Wildman–Crippen LogP) is 1.48. The van der Waals surface area contributed by atoms with Crippen molar-refractivity contribution in [2.24, 2.45) is 0 Å². The molecule has 0 aromatic heterocycles. The summed E-state index contributed by atoms with van der Waals surface area (Å²) >= 11 is 0. The van der Waals surface area contributed by atoms with Gasteiger partial charge in [0.25, 0.3) is 5.91 Å². The van der Waals surface area contributed by atoms with Crippen molar-refractivity contribution < 1.29 is 19.6 Å². The van der Waals surface area contributed by atoms with E-state index in [0.717, 1.165) is 18.4 Å². The van der Waals surface area contributed by atoms with Gasteiger partial charge in [-0.1, -0.05) is 44.5 Å². The van der Waals surface area contributed by atoms with E-state index in [4.69, 9.17) is 5.21 Å². The second-order valence-corrected chi connectivity index (χ2v) is 6.22. The third kappa shape index (κ3) is 8.11. The SMILES string of the molecule is CCCC(=O)N[C@@H](CNC(=O)CCc1ccc(CCC)cc1)C(=O)NO. The second-order valence-electron chi connectivity index (χ2n) is 6.22. The van der Waals surface area contributed by atoms with Crippen molar-refractivity contribution in [3.63, 3.8) is 0 Å². The topological polar surface area (TPSA) is 108 Å². The van der Waals surface area contributed by atoms with E-state index in [-0.39, 0.29) is 31.2 Å². The predicted molar refractivity (Wildman–Crippen MR) is 98.5 cm³/mol. The molecule has 0 spiro atoms. The first-order valence-electron chi connectivity index (χ1n) is 9.07. The minimum atomic E-state index is -1.00. The molecule has 7 nitrogen and oxygen atoms in total. The van der Waals surface area contributed by atoms with Gasteiger partial charge in [0.2, 0.25) is 11.8 Å². The molecule has 0 fully saturated rings. The van der Waals surface area contributed by atoms with E-state index in [2.05, 4.69) is 29.7 Å². The molecular formula is C19H29N3O4. The zero-order valence-electron chi connectivity index (χ0n) is 15.5. The number of carbonyl (C=O) groups is 3. The van der Waals surface area contributed by atoms with Crippen molar-refractivity contribution in [1.29, 1.82) is 0 Å². The van der Waals surface area contributed by atoms with Crippen molar-refractivity contribution in [2.75, 3.05) is 6.54 Å². The Kier molecular flexibility index (Phi) is 10.0. The number of hydrogen-bond acceptors (Lipinski definition) is 4. The summed E-state index contributed by atoms with van der Waals surface area (Å²) in [6.07, 6.45) is 3.93. The van der Waals surface area contributed by atoms with Crippen LogP contribution in [0.4, 0.5) is 0 Å². The number of rotatable bonds is 11. The molecule has 7 heteroatoms. The standard InChI is InChI=1S/C19H29N3O4/c1-3-5-14-7-9-15(10-8-14)11-12-17(23)20-13-16(19(25)22-26)21-18(24)6-4-2/h7-10,16,26H,3-6,11-13H2,1-2H3,(H,20,23)(H,21,24)(H,22,25)/t16-/m0/s1. The average molecular weight is 363 g/mol. The van der Waals surface area contributed by atoms with E-state index in [9.17, 15) is 14.4 Å². The van der Waals surface area contributed by atoms with E-state index >= 15 is 0 Å². The van der Waals surface area contributed by atoms with Crippen LogP contribution in [0.15, 0.2) is 24.3 Å². The molecule has 0 aliphatic rings. The summed E-state index contributed by atoms with van der Waals surface area (Å²) in [7, 11) is 0. The molecule has 0 heterocycles. The third-order valence-corrected chi connectivity index (χ3v) is 3.94. The largest absolute Gasteiger partial charge is 0.353 e. The lowest BCUT2D eigenvalue weighted by atomic mass is 10.0. The summed E-state index contributed by atoms with van der Waals surface area (Å²) in [5, 5.41) is 13.9. The molecule has 0 radical (unpaired) electrons. The minimum Gasteiger partial charge on any atom is -0.353 e. The number of hydroxylamine groups is 1. The van der Waals surface area contributed by atoms with Crippen LogP contribution in [-0.4, -0.2) is 35.5 Å². The van der Waals surface area contributed by atoms with Crippen LogP contribution in [0.3, 0.4) is 0 Å². The maximum Gasteiger partial charge on any atom is 0.267 e. The number of nitrogens with one attached hydrogen (secondary N) is 3. The third-order valence-electron chi connectivity index (χ3n) is 3.94. The molecule has 1 atom stereocenters. The molecule has 0 unspecified atom stereocenters. The number of aryl methyl sites for hydroxylation is 2. The molecule has 0 bridgehead atoms. The lowest BCUT2D eigenvalue weighted by Crippen LogP contribution is -2.52. The molecule has 1 rings (SSSR count). The first kappa shape index (κ1) is 21.6. The Balaban J connectivity index is 2.44. The molecule has 4 N–H and O–H groups in total. The highest BCUT2D eigenvalue weighted by Crippen LogP contribution is 2.08. The maximum absolute atomic E-state index is 12.0. The van der Waals surface area contributed by atoms with Crippen molar-refractivity contribution >= 4 is 17.7 Å². The maximum atomic E-state index is 12.0. The van der Waals surface area contributed by atoms with Crippen molar-refractivity contribution in [3.8, 4) is 0 Å². The Morgan fingerprint density at radius 2 is 1.54 bits per heavy atom. The van der Waals surface area contributed by atoms with E-state index in [0.29, 0.717) is 12.8 Å². The normalized spacial score (nSPS) is 11.5. The van der Waals surface area contributed by atoms with E-state index < -0.39 is 11.9 Å². The fraction of sp³-hybridized carbons (Fsp3) is 0.526. The van der Waals surface area contributed by atoms with Crippen LogP contribution in [0, 0.1) is 0 Å². The summed E-state index contributed by atoms with van der Waals surface area (Å²) in [6, 6.07) is 7.18. The highest BCUT2D eigenvalue weighted by Gasteiger charge is 2.20. The Bertz CT molecular complexity index is 587. The van der Waals surface area contributed by atoms with E-state index in [1.807, 2.05) is 19.1 Å². The summed E-state index contributed by atoms with van der Waals surface area (Å²) in [6.45, 7) is 3.90. The Hall–Kier alpha value is -2.41. The highest BCUT2D eigenvalue weighted by atomic mass is 16.5. The van der Waals surface area contributed by atoms with Gasteiger partial charge in [-0.2, -0.15) is 0 Å². The van der Waals surface area contributed by atoms with Gasteiger partial charge in [0.05, 0.1) is 0 Å². The van der Waals surface area contributed by atoms with Gasteiger partial charge in [-0.3, -0.25) is 19.6 Å². The van der Waals surface area contributed by atoms with Crippen molar-refractivity contribution in [3.05, 3.63) is 35.4 Å². The Morgan fingerprint density at radius 1 is 0.923 bits per heavy atom. The molecule has 1 aromatic carbocycles. The highest BCUT2D eigenvalue weighted by molar-refractivity contribution is 5.87. The molecular weight excluding hydrogens is 334 g/mol. The second kappa shape index (κ2) is 12.0. The lowest BCUT2D eigenvalue weighted by molar-refractivity contribution is -0.135. The van der Waals surface area contributed by atoms with E-state index in [1.165, 1.54) is 11.0 Å². The van der Waals surface area contributed by atoms with Gasteiger partial charge in [-0.25, -0.2) is 5.48 Å². The molecule has 26 heavy (non-hydrogen) atoms. The first-order valence-corrected chi connectivity index (χ1v) is 9.07. The number of amides is 3. The van der Waals surface area contributed by atoms with Gasteiger partial charge in [0.1, 0.15) is 6.04 Å². The van der Waals surface area contributed by atoms with Gasteiger partial charge >= 0.3 is 0 Å². The summed E-state index contributed by atoms with van der Waals surface area (Å²) in [5.41, 5.74) is 3.85. The molecule has 0 aliphatic carbocycles. The van der Waals surface area contributed by atoms with Crippen molar-refractivity contribution in [2.45, 2.75) is 58.4 Å². The molecule has 1 aromatic rings. The van der Waals surface area contributed by atoms with Gasteiger partial charge in [-0.05, 0) is 30.4 Å². The monoisotopic (exact) mass is 363 g/mol. The smallest absolute Gasteiger partial charge is 0.267 e. The summed E-state index contributed by atoms with van der Waals surface area (Å²) in [5.74, 6) is -1.29. The van der Waals surface area contributed by atoms with Gasteiger partial charge in [0, 0.05) is 19.4 Å². The summed E-state index contributed by atoms with van der Waals surface area (Å²) < 4.78 is 0. The quantitative estimate of drug-likeness (QED) is 0.353. The van der Waals surface area contributed by atoms with E-state index in [1.54, 1.807) is 0 Å².